The highest BCUT2D eigenvalue weighted by Gasteiger charge is 2.13. The molecule has 1 fully saturated rings. The van der Waals surface area contributed by atoms with Crippen molar-refractivity contribution in [3.63, 3.8) is 0 Å². The number of hydrogen-bond acceptors (Lipinski definition) is 4. The Bertz CT molecular complexity index is 520. The number of ether oxygens (including phenoxy) is 1. The third-order valence-electron chi connectivity index (χ3n) is 3.68. The van der Waals surface area contributed by atoms with Gasteiger partial charge in [0.05, 0.1) is 18.2 Å². The molecule has 1 saturated carbocycles. The molecule has 3 nitrogen and oxygen atoms in total. The monoisotopic (exact) mass is 276 g/mol. The zero-order valence-corrected chi connectivity index (χ0v) is 11.9. The van der Waals surface area contributed by atoms with Crippen molar-refractivity contribution in [3.05, 3.63) is 24.3 Å². The maximum atomic E-state index is 5.92. The summed E-state index contributed by atoms with van der Waals surface area (Å²) in [7, 11) is 0. The van der Waals surface area contributed by atoms with Crippen LogP contribution in [0.15, 0.2) is 24.3 Å². The first kappa shape index (κ1) is 12.9. The summed E-state index contributed by atoms with van der Waals surface area (Å²) in [5.74, 6) is 0. The predicted molar refractivity (Wildman–Crippen MR) is 80.9 cm³/mol. The Balaban J connectivity index is 1.47. The maximum absolute atomic E-state index is 5.92. The number of nitrogens with zero attached hydrogens (tertiary/aromatic N) is 1. The number of nitrogens with one attached hydrogen (secondary N) is 1. The minimum atomic E-state index is 0.494. The molecule has 0 bridgehead atoms. The Morgan fingerprint density at radius 2 is 2.05 bits per heavy atom. The van der Waals surface area contributed by atoms with Gasteiger partial charge in [0.1, 0.15) is 5.00 Å². The molecule has 0 aliphatic heterocycles. The van der Waals surface area contributed by atoms with E-state index in [1.54, 1.807) is 0 Å². The Morgan fingerprint density at radius 3 is 2.95 bits per heavy atom. The van der Waals surface area contributed by atoms with Crippen molar-refractivity contribution in [2.24, 2.45) is 0 Å². The molecule has 2 aromatic rings. The van der Waals surface area contributed by atoms with Crippen molar-refractivity contribution < 1.29 is 4.74 Å². The lowest BCUT2D eigenvalue weighted by atomic mass is 9.98. The number of anilines is 1. The van der Waals surface area contributed by atoms with Gasteiger partial charge in [-0.25, -0.2) is 0 Å². The van der Waals surface area contributed by atoms with Crippen LogP contribution in [-0.4, -0.2) is 23.6 Å². The van der Waals surface area contributed by atoms with E-state index in [0.717, 1.165) is 23.7 Å². The minimum Gasteiger partial charge on any atom is -0.376 e. The Morgan fingerprint density at radius 1 is 1.21 bits per heavy atom. The summed E-state index contributed by atoms with van der Waals surface area (Å²) in [6.07, 6.45) is 7.02. The molecule has 0 atom stereocenters. The number of hydrogen-bond donors (Lipinski definition) is 1. The van der Waals surface area contributed by atoms with E-state index >= 15 is 0 Å². The number of aromatic nitrogens is 1. The lowest BCUT2D eigenvalue weighted by molar-refractivity contribution is 0.0348. The Hall–Kier alpha value is -1.13. The molecule has 1 aliphatic rings. The van der Waals surface area contributed by atoms with Gasteiger partial charge < -0.3 is 10.1 Å². The smallest absolute Gasteiger partial charge is 0.117 e. The zero-order chi connectivity index (χ0) is 12.9. The van der Waals surface area contributed by atoms with Crippen LogP contribution in [0.25, 0.3) is 10.9 Å². The molecular formula is C15H20N2OS. The van der Waals surface area contributed by atoms with Crippen molar-refractivity contribution in [2.75, 3.05) is 18.5 Å². The molecule has 0 radical (unpaired) electrons. The van der Waals surface area contributed by atoms with Gasteiger partial charge in [-0.2, -0.15) is 4.37 Å². The van der Waals surface area contributed by atoms with Gasteiger partial charge >= 0.3 is 0 Å². The predicted octanol–water partition coefficient (Wildman–Crippen LogP) is 4.06. The van der Waals surface area contributed by atoms with Crippen LogP contribution in [0.1, 0.15) is 32.1 Å². The minimum absolute atomic E-state index is 0.494. The van der Waals surface area contributed by atoms with Crippen LogP contribution in [0.5, 0.6) is 0 Å². The summed E-state index contributed by atoms with van der Waals surface area (Å²) in [5.41, 5.74) is 1.07. The summed E-state index contributed by atoms with van der Waals surface area (Å²) in [6, 6.07) is 8.25. The van der Waals surface area contributed by atoms with E-state index < -0.39 is 0 Å². The molecule has 0 unspecified atom stereocenters. The highest BCUT2D eigenvalue weighted by atomic mass is 32.1. The van der Waals surface area contributed by atoms with E-state index in [1.165, 1.54) is 49.0 Å². The van der Waals surface area contributed by atoms with Gasteiger partial charge in [-0.3, -0.25) is 0 Å². The first-order valence-electron chi connectivity index (χ1n) is 7.13. The zero-order valence-electron chi connectivity index (χ0n) is 11.1. The fourth-order valence-corrected chi connectivity index (χ4v) is 3.43. The Labute approximate surface area is 118 Å². The summed E-state index contributed by atoms with van der Waals surface area (Å²) >= 11 is 1.53. The van der Waals surface area contributed by atoms with E-state index in [4.69, 9.17) is 4.74 Å². The van der Waals surface area contributed by atoms with Crippen LogP contribution < -0.4 is 5.32 Å². The van der Waals surface area contributed by atoms with Crippen molar-refractivity contribution in [1.82, 2.24) is 4.37 Å². The molecule has 102 valence electrons. The topological polar surface area (TPSA) is 34.1 Å². The summed E-state index contributed by atoms with van der Waals surface area (Å²) in [5, 5.41) is 5.81. The van der Waals surface area contributed by atoms with Gasteiger partial charge in [-0.05, 0) is 36.5 Å². The normalized spacial score (nSPS) is 16.8. The van der Waals surface area contributed by atoms with Gasteiger partial charge in [0.15, 0.2) is 0 Å². The average Bonchev–Trinajstić information content (AvgIpc) is 2.88. The number of benzene rings is 1. The molecule has 1 heterocycles. The molecule has 4 heteroatoms. The average molecular weight is 276 g/mol. The number of rotatable bonds is 5. The second kappa shape index (κ2) is 6.35. The quantitative estimate of drug-likeness (QED) is 0.836. The molecule has 0 spiro atoms. The van der Waals surface area contributed by atoms with E-state index in [9.17, 15) is 0 Å². The van der Waals surface area contributed by atoms with E-state index in [2.05, 4.69) is 27.9 Å². The standard InChI is InChI=1S/C15H20N2OS/c1-2-6-12(7-3-1)18-11-10-16-15-13-8-4-5-9-14(13)17-19-15/h4-5,8-9,12,16H,1-3,6-7,10-11H2. The third-order valence-corrected chi connectivity index (χ3v) is 4.51. The largest absolute Gasteiger partial charge is 0.376 e. The molecule has 19 heavy (non-hydrogen) atoms. The molecule has 3 rings (SSSR count). The van der Waals surface area contributed by atoms with Gasteiger partial charge in [0.2, 0.25) is 0 Å². The Kier molecular flexibility index (Phi) is 4.30. The van der Waals surface area contributed by atoms with E-state index in [-0.39, 0.29) is 0 Å². The van der Waals surface area contributed by atoms with E-state index in [0.29, 0.717) is 6.10 Å². The van der Waals surface area contributed by atoms with Crippen LogP contribution in [0.4, 0.5) is 5.00 Å². The van der Waals surface area contributed by atoms with Crippen LogP contribution >= 0.6 is 11.5 Å². The first-order valence-corrected chi connectivity index (χ1v) is 7.91. The number of fused-ring (bicyclic) bond motifs is 1. The lowest BCUT2D eigenvalue weighted by Crippen LogP contribution is -2.20. The molecule has 0 amide bonds. The molecule has 1 aromatic carbocycles. The maximum Gasteiger partial charge on any atom is 0.117 e. The van der Waals surface area contributed by atoms with Crippen LogP contribution in [0, 0.1) is 0 Å². The van der Waals surface area contributed by atoms with Crippen LogP contribution in [0.3, 0.4) is 0 Å². The lowest BCUT2D eigenvalue weighted by Gasteiger charge is -2.22. The molecule has 1 N–H and O–H groups in total. The third kappa shape index (κ3) is 3.25. The fourth-order valence-electron chi connectivity index (χ4n) is 2.64. The highest BCUT2D eigenvalue weighted by Crippen LogP contribution is 2.27. The molecule has 1 aliphatic carbocycles. The van der Waals surface area contributed by atoms with Crippen molar-refractivity contribution in [3.8, 4) is 0 Å². The molecular weight excluding hydrogens is 256 g/mol. The highest BCUT2D eigenvalue weighted by molar-refractivity contribution is 7.11. The second-order valence-electron chi connectivity index (χ2n) is 5.09. The second-order valence-corrected chi connectivity index (χ2v) is 5.86. The SMILES string of the molecule is c1ccc2c(NCCOC3CCCCC3)snc2c1. The van der Waals surface area contributed by atoms with Crippen molar-refractivity contribution >= 4 is 27.4 Å². The summed E-state index contributed by atoms with van der Waals surface area (Å²) in [4.78, 5) is 0. The van der Waals surface area contributed by atoms with Crippen LogP contribution in [-0.2, 0) is 4.74 Å². The molecule has 1 aromatic heterocycles. The van der Waals surface area contributed by atoms with E-state index in [1.807, 2.05) is 6.07 Å². The molecule has 0 saturated heterocycles. The van der Waals surface area contributed by atoms with Gasteiger partial charge in [-0.15, -0.1) is 0 Å². The van der Waals surface area contributed by atoms with Gasteiger partial charge in [-0.1, -0.05) is 31.4 Å². The first-order chi connectivity index (χ1) is 9.43. The summed E-state index contributed by atoms with van der Waals surface area (Å²) < 4.78 is 10.3. The van der Waals surface area contributed by atoms with Crippen molar-refractivity contribution in [1.29, 1.82) is 0 Å². The van der Waals surface area contributed by atoms with Crippen LogP contribution in [0.2, 0.25) is 0 Å². The fraction of sp³-hybridized carbons (Fsp3) is 0.533. The van der Waals surface area contributed by atoms with Crippen molar-refractivity contribution in [2.45, 2.75) is 38.2 Å². The summed E-state index contributed by atoms with van der Waals surface area (Å²) in [6.45, 7) is 1.65. The van der Waals surface area contributed by atoms with Gasteiger partial charge in [0.25, 0.3) is 0 Å². The van der Waals surface area contributed by atoms with Gasteiger partial charge in [0, 0.05) is 11.9 Å².